The van der Waals surface area contributed by atoms with Crippen molar-refractivity contribution in [1.82, 2.24) is 4.31 Å². The fourth-order valence-electron chi connectivity index (χ4n) is 3.70. The molecule has 1 heterocycles. The van der Waals surface area contributed by atoms with E-state index in [1.807, 2.05) is 0 Å². The van der Waals surface area contributed by atoms with Crippen molar-refractivity contribution < 1.29 is 40.6 Å². The molecule has 0 saturated carbocycles. The summed E-state index contributed by atoms with van der Waals surface area (Å²) in [7, 11) is -4.88. The van der Waals surface area contributed by atoms with Crippen LogP contribution in [0.1, 0.15) is 22.8 Å². The zero-order valence-corrected chi connectivity index (χ0v) is 24.3. The molecule has 2 N–H and O–H groups in total. The normalized spacial score (nSPS) is 13.8. The predicted molar refractivity (Wildman–Crippen MR) is 150 cm³/mol. The number of sulfonamides is 2. The van der Waals surface area contributed by atoms with E-state index in [4.69, 9.17) is 14.2 Å². The molecule has 1 atom stereocenters. The summed E-state index contributed by atoms with van der Waals surface area (Å²) in [6.45, 7) is 3.77. The number of aryl methyl sites for hydroxylation is 1. The van der Waals surface area contributed by atoms with Crippen LogP contribution in [0.2, 0.25) is 0 Å². The summed E-state index contributed by atoms with van der Waals surface area (Å²) in [5.41, 5.74) is 1.16. The molecule has 12 nitrogen and oxygen atoms in total. The number of anilines is 2. The Kier molecular flexibility index (Phi) is 8.56. The number of rotatable bonds is 9. The summed E-state index contributed by atoms with van der Waals surface area (Å²) in [6.07, 6.45) is -1.22. The number of hydrogen-bond donors (Lipinski definition) is 2. The van der Waals surface area contributed by atoms with Gasteiger partial charge in [-0.1, -0.05) is 6.07 Å². The van der Waals surface area contributed by atoms with Gasteiger partial charge < -0.3 is 19.5 Å². The van der Waals surface area contributed by atoms with Crippen molar-refractivity contribution in [3.8, 4) is 11.5 Å². The lowest BCUT2D eigenvalue weighted by atomic mass is 10.2. The van der Waals surface area contributed by atoms with Crippen molar-refractivity contribution in [3.05, 3.63) is 71.8 Å². The molecule has 1 aliphatic rings. The summed E-state index contributed by atoms with van der Waals surface area (Å²) >= 11 is 0. The van der Waals surface area contributed by atoms with Gasteiger partial charge >= 0.3 is 5.97 Å². The molecule has 0 saturated heterocycles. The van der Waals surface area contributed by atoms with Gasteiger partial charge in [0.1, 0.15) is 13.2 Å². The minimum atomic E-state index is -3.96. The maximum Gasteiger partial charge on any atom is 0.338 e. The Bertz CT molecular complexity index is 1690. The van der Waals surface area contributed by atoms with Crippen LogP contribution in [0.5, 0.6) is 11.5 Å². The fraction of sp³-hybridized carbons (Fsp3) is 0.259. The molecule has 14 heteroatoms. The van der Waals surface area contributed by atoms with Gasteiger partial charge in [0.2, 0.25) is 10.0 Å². The molecule has 0 fully saturated rings. The Morgan fingerprint density at radius 2 is 1.51 bits per heavy atom. The maximum absolute atomic E-state index is 12.8. The second kappa shape index (κ2) is 11.8. The molecule has 0 bridgehead atoms. The van der Waals surface area contributed by atoms with E-state index in [9.17, 15) is 26.4 Å². The summed E-state index contributed by atoms with van der Waals surface area (Å²) in [4.78, 5) is 25.3. The minimum absolute atomic E-state index is 0.00210. The van der Waals surface area contributed by atoms with Gasteiger partial charge in [0.15, 0.2) is 17.6 Å². The van der Waals surface area contributed by atoms with E-state index in [0.717, 1.165) is 4.31 Å². The number of carbonyl (C=O) groups excluding carboxylic acids is 2. The number of esters is 1. The molecule has 1 unspecified atom stereocenters. The molecule has 3 aromatic carbocycles. The van der Waals surface area contributed by atoms with E-state index < -0.39 is 38.0 Å². The van der Waals surface area contributed by atoms with Crippen LogP contribution in [-0.4, -0.2) is 66.4 Å². The third kappa shape index (κ3) is 6.78. The zero-order valence-electron chi connectivity index (χ0n) is 22.7. The van der Waals surface area contributed by atoms with Gasteiger partial charge in [-0.2, -0.15) is 0 Å². The summed E-state index contributed by atoms with van der Waals surface area (Å²) < 4.78 is 70.2. The van der Waals surface area contributed by atoms with Gasteiger partial charge in [-0.3, -0.25) is 9.52 Å². The second-order valence-electron chi connectivity index (χ2n) is 9.29. The molecule has 0 aromatic heterocycles. The molecule has 0 radical (unpaired) electrons. The van der Waals surface area contributed by atoms with Crippen LogP contribution >= 0.6 is 0 Å². The smallest absolute Gasteiger partial charge is 0.338 e. The molecule has 1 amide bonds. The number of amides is 1. The molecule has 1 aliphatic heterocycles. The van der Waals surface area contributed by atoms with Gasteiger partial charge in [0, 0.05) is 31.5 Å². The van der Waals surface area contributed by atoms with E-state index in [2.05, 4.69) is 10.0 Å². The van der Waals surface area contributed by atoms with Crippen molar-refractivity contribution >= 4 is 43.3 Å². The van der Waals surface area contributed by atoms with Gasteiger partial charge in [-0.15, -0.1) is 0 Å². The van der Waals surface area contributed by atoms with Crippen molar-refractivity contribution in [2.75, 3.05) is 37.3 Å². The third-order valence-corrected chi connectivity index (χ3v) is 9.29. The van der Waals surface area contributed by atoms with Crippen molar-refractivity contribution in [1.29, 1.82) is 0 Å². The number of ether oxygens (including phenoxy) is 3. The highest BCUT2D eigenvalue weighted by Crippen LogP contribution is 2.33. The van der Waals surface area contributed by atoms with Crippen LogP contribution in [0.4, 0.5) is 11.4 Å². The number of nitrogens with one attached hydrogen (secondary N) is 2. The Hall–Kier alpha value is -4.14. The molecule has 4 rings (SSSR count). The number of nitrogens with zero attached hydrogens (tertiary/aromatic N) is 1. The molecule has 0 spiro atoms. The molecule has 41 heavy (non-hydrogen) atoms. The number of fused-ring (bicyclic) bond motifs is 1. The number of benzene rings is 3. The van der Waals surface area contributed by atoms with Crippen LogP contribution in [0.3, 0.4) is 0 Å². The highest BCUT2D eigenvalue weighted by atomic mass is 32.2. The maximum atomic E-state index is 12.8. The molecule has 0 aliphatic carbocycles. The van der Waals surface area contributed by atoms with Crippen LogP contribution in [0, 0.1) is 6.92 Å². The van der Waals surface area contributed by atoms with Crippen LogP contribution in [0.25, 0.3) is 0 Å². The summed E-state index contributed by atoms with van der Waals surface area (Å²) in [6, 6.07) is 14.1. The standard InChI is InChI=1S/C27H29N3O9S2/c1-17-5-10-22(41(35,36)30(3)4)15-23(17)28-26(31)18(2)39-27(32)19-6-8-20(9-7-19)29-40(33,34)21-11-12-24-25(16-21)38-14-13-37-24/h5-12,15-16,18,29H,13-14H2,1-4H3,(H,28,31). The highest BCUT2D eigenvalue weighted by molar-refractivity contribution is 7.92. The molecular weight excluding hydrogens is 574 g/mol. The van der Waals surface area contributed by atoms with E-state index >= 15 is 0 Å². The average molecular weight is 604 g/mol. The Morgan fingerprint density at radius 1 is 0.878 bits per heavy atom. The Balaban J connectivity index is 1.39. The summed E-state index contributed by atoms with van der Waals surface area (Å²) in [5.74, 6) is -0.682. The minimum Gasteiger partial charge on any atom is -0.486 e. The third-order valence-electron chi connectivity index (χ3n) is 6.10. The van der Waals surface area contributed by atoms with E-state index in [0.29, 0.717) is 30.3 Å². The van der Waals surface area contributed by atoms with Gasteiger partial charge in [0.25, 0.3) is 15.9 Å². The lowest BCUT2D eigenvalue weighted by molar-refractivity contribution is -0.123. The number of hydrogen-bond acceptors (Lipinski definition) is 9. The largest absolute Gasteiger partial charge is 0.486 e. The number of carbonyl (C=O) groups is 2. The average Bonchev–Trinajstić information content (AvgIpc) is 2.93. The monoisotopic (exact) mass is 603 g/mol. The fourth-order valence-corrected chi connectivity index (χ4v) is 5.70. The lowest BCUT2D eigenvalue weighted by Gasteiger charge is -2.19. The topological polar surface area (TPSA) is 157 Å². The second-order valence-corrected chi connectivity index (χ2v) is 13.1. The summed E-state index contributed by atoms with van der Waals surface area (Å²) in [5, 5.41) is 2.60. The molecule has 218 valence electrons. The van der Waals surface area contributed by atoms with E-state index in [1.54, 1.807) is 13.0 Å². The first-order valence-electron chi connectivity index (χ1n) is 12.4. The first kappa shape index (κ1) is 29.8. The van der Waals surface area contributed by atoms with E-state index in [1.165, 1.54) is 75.6 Å². The first-order valence-corrected chi connectivity index (χ1v) is 15.3. The zero-order chi connectivity index (χ0) is 29.9. The van der Waals surface area contributed by atoms with Crippen LogP contribution < -0.4 is 19.5 Å². The van der Waals surface area contributed by atoms with Gasteiger partial charge in [-0.05, 0) is 67.9 Å². The lowest BCUT2D eigenvalue weighted by Crippen LogP contribution is -2.30. The molecule has 3 aromatic rings. The highest BCUT2D eigenvalue weighted by Gasteiger charge is 2.23. The van der Waals surface area contributed by atoms with E-state index in [-0.39, 0.29) is 26.7 Å². The van der Waals surface area contributed by atoms with Crippen LogP contribution in [-0.2, 0) is 29.6 Å². The van der Waals surface area contributed by atoms with Crippen molar-refractivity contribution in [2.45, 2.75) is 29.7 Å². The molecular formula is C27H29N3O9S2. The SMILES string of the molecule is Cc1ccc(S(=O)(=O)N(C)C)cc1NC(=O)C(C)OC(=O)c1ccc(NS(=O)(=O)c2ccc3c(c2)OCCO3)cc1. The van der Waals surface area contributed by atoms with Crippen molar-refractivity contribution in [2.24, 2.45) is 0 Å². The Labute approximate surface area is 238 Å². The van der Waals surface area contributed by atoms with Crippen molar-refractivity contribution in [3.63, 3.8) is 0 Å². The first-order chi connectivity index (χ1) is 19.3. The van der Waals surface area contributed by atoms with Gasteiger partial charge in [-0.25, -0.2) is 25.9 Å². The van der Waals surface area contributed by atoms with Crippen LogP contribution in [0.15, 0.2) is 70.5 Å². The predicted octanol–water partition coefficient (Wildman–Crippen LogP) is 3.00. The van der Waals surface area contributed by atoms with Gasteiger partial charge in [0.05, 0.1) is 15.4 Å². The quantitative estimate of drug-likeness (QED) is 0.351. The Morgan fingerprint density at radius 3 is 2.17 bits per heavy atom.